The van der Waals surface area contributed by atoms with Crippen LogP contribution in [0.4, 0.5) is 0 Å². The van der Waals surface area contributed by atoms with E-state index in [2.05, 4.69) is 0 Å². The van der Waals surface area contributed by atoms with Crippen molar-refractivity contribution in [1.82, 2.24) is 10.4 Å². The number of amides is 2. The molecule has 0 aliphatic rings. The molecule has 0 aromatic heterocycles. The second-order valence-electron chi connectivity index (χ2n) is 5.65. The minimum Gasteiger partial charge on any atom is -0.492 e. The van der Waals surface area contributed by atoms with Gasteiger partial charge in [-0.3, -0.25) is 14.8 Å². The van der Waals surface area contributed by atoms with Crippen LogP contribution in [0.5, 0.6) is 5.75 Å². The summed E-state index contributed by atoms with van der Waals surface area (Å²) in [6.07, 6.45) is 0.0432. The molecule has 6 nitrogen and oxygen atoms in total. The fraction of sp³-hybridized carbons (Fsp3) is 0.500. The van der Waals surface area contributed by atoms with Crippen LogP contribution in [0, 0.1) is 11.8 Å². The standard InChI is InChI=1S/C16H23ClN2O4/c1-11(2)14(16(21)18-22)10-15(20)19(3)8-9-23-13-6-4-12(17)5-7-13/h4-7,11,14,22H,8-10H2,1-3H3,(H,18,21). The third-order valence-electron chi connectivity index (χ3n) is 3.58. The largest absolute Gasteiger partial charge is 0.492 e. The molecule has 1 aromatic carbocycles. The molecule has 2 amide bonds. The maximum Gasteiger partial charge on any atom is 0.247 e. The number of ether oxygens (including phenoxy) is 1. The average molecular weight is 343 g/mol. The van der Waals surface area contributed by atoms with Gasteiger partial charge in [-0.05, 0) is 30.2 Å². The van der Waals surface area contributed by atoms with E-state index in [0.717, 1.165) is 0 Å². The van der Waals surface area contributed by atoms with Gasteiger partial charge in [0, 0.05) is 18.5 Å². The molecule has 128 valence electrons. The number of likely N-dealkylation sites (N-methyl/N-ethyl adjacent to an activating group) is 1. The molecule has 1 atom stereocenters. The molecule has 23 heavy (non-hydrogen) atoms. The van der Waals surface area contributed by atoms with E-state index in [1.807, 2.05) is 13.8 Å². The maximum absolute atomic E-state index is 12.2. The van der Waals surface area contributed by atoms with E-state index in [1.165, 1.54) is 4.90 Å². The summed E-state index contributed by atoms with van der Waals surface area (Å²) in [6, 6.07) is 6.97. The van der Waals surface area contributed by atoms with Crippen molar-refractivity contribution in [3.8, 4) is 5.75 Å². The van der Waals surface area contributed by atoms with Crippen LogP contribution in [0.2, 0.25) is 5.02 Å². The maximum atomic E-state index is 12.2. The van der Waals surface area contributed by atoms with Gasteiger partial charge in [0.1, 0.15) is 12.4 Å². The Morgan fingerprint density at radius 1 is 1.30 bits per heavy atom. The monoisotopic (exact) mass is 342 g/mol. The molecule has 0 spiro atoms. The topological polar surface area (TPSA) is 78.9 Å². The molecule has 1 unspecified atom stereocenters. The van der Waals surface area contributed by atoms with Gasteiger partial charge in [-0.25, -0.2) is 5.48 Å². The number of carbonyl (C=O) groups excluding carboxylic acids is 2. The Bertz CT molecular complexity index is 519. The van der Waals surface area contributed by atoms with Crippen LogP contribution >= 0.6 is 11.6 Å². The molecule has 0 radical (unpaired) electrons. The Labute approximate surface area is 141 Å². The zero-order chi connectivity index (χ0) is 17.4. The van der Waals surface area contributed by atoms with Crippen LogP contribution in [-0.2, 0) is 9.59 Å². The number of hydroxylamine groups is 1. The average Bonchev–Trinajstić information content (AvgIpc) is 2.53. The zero-order valence-corrected chi connectivity index (χ0v) is 14.3. The van der Waals surface area contributed by atoms with Crippen molar-refractivity contribution >= 4 is 23.4 Å². The number of nitrogens with zero attached hydrogens (tertiary/aromatic N) is 1. The summed E-state index contributed by atoms with van der Waals surface area (Å²) in [5, 5.41) is 9.37. The van der Waals surface area contributed by atoms with Gasteiger partial charge in [0.15, 0.2) is 0 Å². The van der Waals surface area contributed by atoms with Gasteiger partial charge in [-0.15, -0.1) is 0 Å². The molecule has 1 aromatic rings. The van der Waals surface area contributed by atoms with E-state index < -0.39 is 11.8 Å². The van der Waals surface area contributed by atoms with Crippen LogP contribution in [0.15, 0.2) is 24.3 Å². The van der Waals surface area contributed by atoms with Crippen LogP contribution < -0.4 is 10.2 Å². The van der Waals surface area contributed by atoms with Gasteiger partial charge < -0.3 is 9.64 Å². The summed E-state index contributed by atoms with van der Waals surface area (Å²) < 4.78 is 5.53. The predicted molar refractivity (Wildman–Crippen MR) is 87.5 cm³/mol. The number of benzene rings is 1. The number of rotatable bonds is 8. The minimum absolute atomic E-state index is 0.0432. The first-order valence-electron chi connectivity index (χ1n) is 7.41. The first-order valence-corrected chi connectivity index (χ1v) is 7.79. The minimum atomic E-state index is -0.563. The molecule has 7 heteroatoms. The third-order valence-corrected chi connectivity index (χ3v) is 3.83. The van der Waals surface area contributed by atoms with Gasteiger partial charge in [0.2, 0.25) is 11.8 Å². The van der Waals surface area contributed by atoms with E-state index in [-0.39, 0.29) is 18.2 Å². The van der Waals surface area contributed by atoms with Crippen molar-refractivity contribution in [2.24, 2.45) is 11.8 Å². The second-order valence-corrected chi connectivity index (χ2v) is 6.08. The summed E-state index contributed by atoms with van der Waals surface area (Å²) in [5.41, 5.74) is 1.61. The summed E-state index contributed by atoms with van der Waals surface area (Å²) in [5.74, 6) is -0.655. The number of halogens is 1. The van der Waals surface area contributed by atoms with Crippen molar-refractivity contribution in [1.29, 1.82) is 0 Å². The Morgan fingerprint density at radius 2 is 1.91 bits per heavy atom. The van der Waals surface area contributed by atoms with Gasteiger partial charge in [-0.1, -0.05) is 25.4 Å². The van der Waals surface area contributed by atoms with Crippen LogP contribution in [0.25, 0.3) is 0 Å². The van der Waals surface area contributed by atoms with Crippen molar-refractivity contribution < 1.29 is 19.5 Å². The van der Waals surface area contributed by atoms with Gasteiger partial charge in [0.05, 0.1) is 12.5 Å². The molecule has 1 rings (SSSR count). The van der Waals surface area contributed by atoms with E-state index >= 15 is 0 Å². The highest BCUT2D eigenvalue weighted by Gasteiger charge is 2.26. The molecule has 0 bridgehead atoms. The zero-order valence-electron chi connectivity index (χ0n) is 13.6. The molecule has 2 N–H and O–H groups in total. The summed E-state index contributed by atoms with van der Waals surface area (Å²) in [6.45, 7) is 4.39. The van der Waals surface area contributed by atoms with E-state index in [1.54, 1.807) is 36.8 Å². The summed E-state index contributed by atoms with van der Waals surface area (Å²) in [4.78, 5) is 25.2. The second kappa shape index (κ2) is 9.37. The molecule has 0 fully saturated rings. The van der Waals surface area contributed by atoms with Crippen LogP contribution in [0.1, 0.15) is 20.3 Å². The van der Waals surface area contributed by atoms with Gasteiger partial charge in [0.25, 0.3) is 0 Å². The molecular formula is C16H23ClN2O4. The quantitative estimate of drug-likeness (QED) is 0.561. The summed E-state index contributed by atoms with van der Waals surface area (Å²) in [7, 11) is 1.65. The fourth-order valence-electron chi connectivity index (χ4n) is 2.01. The first-order chi connectivity index (χ1) is 10.8. The SMILES string of the molecule is CC(C)C(CC(=O)N(C)CCOc1ccc(Cl)cc1)C(=O)NO. The Hall–Kier alpha value is -1.79. The molecule has 0 saturated heterocycles. The van der Waals surface area contributed by atoms with Crippen molar-refractivity contribution in [3.63, 3.8) is 0 Å². The number of hydrogen-bond donors (Lipinski definition) is 2. The lowest BCUT2D eigenvalue weighted by molar-refractivity contribution is -0.140. The molecule has 0 saturated carbocycles. The Balaban J connectivity index is 2.43. The molecular weight excluding hydrogens is 320 g/mol. The highest BCUT2D eigenvalue weighted by Crippen LogP contribution is 2.17. The van der Waals surface area contributed by atoms with Crippen LogP contribution in [-0.4, -0.2) is 42.1 Å². The van der Waals surface area contributed by atoms with Crippen molar-refractivity contribution in [3.05, 3.63) is 29.3 Å². The number of hydrogen-bond acceptors (Lipinski definition) is 4. The molecule has 0 aliphatic heterocycles. The van der Waals surface area contributed by atoms with Gasteiger partial charge >= 0.3 is 0 Å². The third kappa shape index (κ3) is 6.46. The van der Waals surface area contributed by atoms with E-state index in [4.69, 9.17) is 21.5 Å². The Morgan fingerprint density at radius 3 is 2.43 bits per heavy atom. The fourth-order valence-corrected chi connectivity index (χ4v) is 2.14. The first kappa shape index (κ1) is 19.3. The lowest BCUT2D eigenvalue weighted by atomic mass is 9.91. The smallest absolute Gasteiger partial charge is 0.247 e. The van der Waals surface area contributed by atoms with Crippen molar-refractivity contribution in [2.45, 2.75) is 20.3 Å². The van der Waals surface area contributed by atoms with Crippen LogP contribution in [0.3, 0.4) is 0 Å². The van der Waals surface area contributed by atoms with Gasteiger partial charge in [-0.2, -0.15) is 0 Å². The van der Waals surface area contributed by atoms with Crippen molar-refractivity contribution in [2.75, 3.05) is 20.2 Å². The van der Waals surface area contributed by atoms with E-state index in [9.17, 15) is 9.59 Å². The van der Waals surface area contributed by atoms with E-state index in [0.29, 0.717) is 23.9 Å². The Kier molecular flexibility index (Phi) is 7.85. The molecule has 0 aliphatic carbocycles. The number of carbonyl (C=O) groups is 2. The predicted octanol–water partition coefficient (Wildman–Crippen LogP) is 2.34. The lowest BCUT2D eigenvalue weighted by Gasteiger charge is -2.22. The highest BCUT2D eigenvalue weighted by atomic mass is 35.5. The lowest BCUT2D eigenvalue weighted by Crippen LogP contribution is -2.38. The summed E-state index contributed by atoms with van der Waals surface area (Å²) >= 11 is 5.79. The normalized spacial score (nSPS) is 11.9. The number of nitrogens with one attached hydrogen (secondary N) is 1. The molecule has 0 heterocycles. The highest BCUT2D eigenvalue weighted by molar-refractivity contribution is 6.30.